The molecule has 0 saturated carbocycles. The third kappa shape index (κ3) is 3.74. The molecule has 0 aliphatic rings. The molecule has 0 heterocycles. The van der Waals surface area contributed by atoms with Crippen molar-refractivity contribution >= 4 is 5.69 Å². The van der Waals surface area contributed by atoms with Crippen molar-refractivity contribution in [1.82, 2.24) is 0 Å². The lowest BCUT2D eigenvalue weighted by molar-refractivity contribution is 0.170. The first-order chi connectivity index (χ1) is 8.22. The van der Waals surface area contributed by atoms with E-state index >= 15 is 0 Å². The molecule has 0 aromatic heterocycles. The van der Waals surface area contributed by atoms with Crippen LogP contribution in [0.2, 0.25) is 0 Å². The largest absolute Gasteiger partial charge is 0.396 e. The summed E-state index contributed by atoms with van der Waals surface area (Å²) < 4.78 is 5.09. The van der Waals surface area contributed by atoms with Gasteiger partial charge in [0.25, 0.3) is 0 Å². The fraction of sp³-hybridized carbons (Fsp3) is 0.462. The molecule has 1 aromatic rings. The molecule has 17 heavy (non-hydrogen) atoms. The monoisotopic (exact) mass is 234 g/mol. The third-order valence-corrected chi connectivity index (χ3v) is 2.59. The fourth-order valence-electron chi connectivity index (χ4n) is 1.71. The molecule has 2 N–H and O–H groups in total. The van der Waals surface area contributed by atoms with Gasteiger partial charge in [-0.3, -0.25) is 0 Å². The van der Waals surface area contributed by atoms with Crippen LogP contribution in [0.25, 0.3) is 0 Å². The lowest BCUT2D eigenvalue weighted by Crippen LogP contribution is -2.27. The highest BCUT2D eigenvalue weighted by molar-refractivity contribution is 5.62. The SMILES string of the molecule is COCC(CCO)Nc1c(C)cccc1C#N. The van der Waals surface area contributed by atoms with Crippen LogP contribution in [0, 0.1) is 18.3 Å². The van der Waals surface area contributed by atoms with Gasteiger partial charge in [-0.15, -0.1) is 0 Å². The van der Waals surface area contributed by atoms with Gasteiger partial charge in [0, 0.05) is 13.7 Å². The van der Waals surface area contributed by atoms with Crippen molar-refractivity contribution in [2.45, 2.75) is 19.4 Å². The normalized spacial score (nSPS) is 11.9. The molecule has 4 nitrogen and oxygen atoms in total. The van der Waals surface area contributed by atoms with E-state index < -0.39 is 0 Å². The zero-order chi connectivity index (χ0) is 12.7. The van der Waals surface area contributed by atoms with Gasteiger partial charge >= 0.3 is 0 Å². The Bertz CT molecular complexity index is 393. The first-order valence-corrected chi connectivity index (χ1v) is 5.59. The van der Waals surface area contributed by atoms with Gasteiger partial charge in [0.1, 0.15) is 6.07 Å². The van der Waals surface area contributed by atoms with Crippen molar-refractivity contribution in [2.75, 3.05) is 25.6 Å². The average molecular weight is 234 g/mol. The van der Waals surface area contributed by atoms with Crippen LogP contribution in [0.3, 0.4) is 0 Å². The molecule has 1 atom stereocenters. The Labute approximate surface area is 102 Å². The standard InChI is InChI=1S/C13H18N2O2/c1-10-4-3-5-11(8-14)13(10)15-12(6-7-16)9-17-2/h3-5,12,15-16H,6-7,9H2,1-2H3. The molecular formula is C13H18N2O2. The summed E-state index contributed by atoms with van der Waals surface area (Å²) in [4.78, 5) is 0. The second-order valence-electron chi connectivity index (χ2n) is 3.92. The number of rotatable bonds is 6. The molecule has 92 valence electrons. The van der Waals surface area contributed by atoms with Crippen LogP contribution in [-0.4, -0.2) is 31.5 Å². The lowest BCUT2D eigenvalue weighted by Gasteiger charge is -2.20. The number of anilines is 1. The van der Waals surface area contributed by atoms with E-state index in [9.17, 15) is 0 Å². The number of aryl methyl sites for hydroxylation is 1. The highest BCUT2D eigenvalue weighted by Gasteiger charge is 2.11. The Kier molecular flexibility index (Phi) is 5.47. The van der Waals surface area contributed by atoms with Crippen molar-refractivity contribution in [3.63, 3.8) is 0 Å². The maximum absolute atomic E-state index is 9.04. The quantitative estimate of drug-likeness (QED) is 0.786. The number of nitrogens with zero attached hydrogens (tertiary/aromatic N) is 1. The Morgan fingerprint density at radius 1 is 1.53 bits per heavy atom. The van der Waals surface area contributed by atoms with Gasteiger partial charge in [-0.25, -0.2) is 0 Å². The fourth-order valence-corrected chi connectivity index (χ4v) is 1.71. The number of methoxy groups -OCH3 is 1. The minimum absolute atomic E-state index is 0.0122. The number of hydrogen-bond acceptors (Lipinski definition) is 4. The van der Waals surface area contributed by atoms with Crippen molar-refractivity contribution in [3.05, 3.63) is 29.3 Å². The summed E-state index contributed by atoms with van der Waals surface area (Å²) >= 11 is 0. The van der Waals surface area contributed by atoms with E-state index in [0.29, 0.717) is 18.6 Å². The van der Waals surface area contributed by atoms with Gasteiger partial charge in [0.05, 0.1) is 23.9 Å². The van der Waals surface area contributed by atoms with Crippen molar-refractivity contribution < 1.29 is 9.84 Å². The van der Waals surface area contributed by atoms with E-state index in [1.807, 2.05) is 19.1 Å². The van der Waals surface area contributed by atoms with E-state index in [1.54, 1.807) is 13.2 Å². The summed E-state index contributed by atoms with van der Waals surface area (Å²) in [5.41, 5.74) is 2.46. The lowest BCUT2D eigenvalue weighted by atomic mass is 10.1. The summed E-state index contributed by atoms with van der Waals surface area (Å²) in [5, 5.41) is 21.3. The maximum Gasteiger partial charge on any atom is 0.101 e. The molecule has 0 aliphatic carbocycles. The Balaban J connectivity index is 2.88. The van der Waals surface area contributed by atoms with Crippen LogP contribution < -0.4 is 5.32 Å². The number of nitrogens with one attached hydrogen (secondary N) is 1. The molecule has 0 amide bonds. The van der Waals surface area contributed by atoms with Gasteiger partial charge in [-0.05, 0) is 25.0 Å². The van der Waals surface area contributed by atoms with Gasteiger partial charge in [-0.1, -0.05) is 12.1 Å². The third-order valence-electron chi connectivity index (χ3n) is 2.59. The number of aliphatic hydroxyl groups is 1. The molecule has 0 bridgehead atoms. The molecule has 0 spiro atoms. The number of benzene rings is 1. The van der Waals surface area contributed by atoms with Gasteiger partial charge in [0.15, 0.2) is 0 Å². The minimum Gasteiger partial charge on any atom is -0.396 e. The molecular weight excluding hydrogens is 216 g/mol. The van der Waals surface area contributed by atoms with Crippen molar-refractivity contribution in [2.24, 2.45) is 0 Å². The number of ether oxygens (including phenoxy) is 1. The molecule has 1 rings (SSSR count). The Morgan fingerprint density at radius 3 is 2.88 bits per heavy atom. The summed E-state index contributed by atoms with van der Waals surface area (Å²) in [6.07, 6.45) is 0.590. The first-order valence-electron chi connectivity index (χ1n) is 5.59. The van der Waals surface area contributed by atoms with Crippen LogP contribution in [0.1, 0.15) is 17.5 Å². The van der Waals surface area contributed by atoms with Crippen LogP contribution in [0.15, 0.2) is 18.2 Å². The van der Waals surface area contributed by atoms with Gasteiger partial charge < -0.3 is 15.2 Å². The van der Waals surface area contributed by atoms with E-state index in [2.05, 4.69) is 11.4 Å². The summed E-state index contributed by atoms with van der Waals surface area (Å²) in [5.74, 6) is 0. The Hall–Kier alpha value is -1.57. The zero-order valence-electron chi connectivity index (χ0n) is 10.2. The van der Waals surface area contributed by atoms with Crippen LogP contribution >= 0.6 is 0 Å². The van der Waals surface area contributed by atoms with E-state index in [0.717, 1.165) is 11.3 Å². The summed E-state index contributed by atoms with van der Waals surface area (Å²) in [6.45, 7) is 2.54. The first kappa shape index (κ1) is 13.5. The number of aliphatic hydroxyl groups excluding tert-OH is 1. The predicted molar refractivity (Wildman–Crippen MR) is 66.9 cm³/mol. The second kappa shape index (κ2) is 6.89. The highest BCUT2D eigenvalue weighted by atomic mass is 16.5. The van der Waals surface area contributed by atoms with Crippen LogP contribution in [0.5, 0.6) is 0 Å². The van der Waals surface area contributed by atoms with E-state index in [4.69, 9.17) is 15.1 Å². The summed E-state index contributed by atoms with van der Waals surface area (Å²) in [6, 6.07) is 7.76. The van der Waals surface area contributed by atoms with Crippen LogP contribution in [0.4, 0.5) is 5.69 Å². The topological polar surface area (TPSA) is 65.3 Å². The molecule has 4 heteroatoms. The number of para-hydroxylation sites is 1. The van der Waals surface area contributed by atoms with Crippen molar-refractivity contribution in [3.8, 4) is 6.07 Å². The molecule has 1 unspecified atom stereocenters. The van der Waals surface area contributed by atoms with Gasteiger partial charge in [0.2, 0.25) is 0 Å². The average Bonchev–Trinajstić information content (AvgIpc) is 2.32. The van der Waals surface area contributed by atoms with E-state index in [-0.39, 0.29) is 12.6 Å². The second-order valence-corrected chi connectivity index (χ2v) is 3.92. The molecule has 1 aromatic carbocycles. The van der Waals surface area contributed by atoms with Gasteiger partial charge in [-0.2, -0.15) is 5.26 Å². The van der Waals surface area contributed by atoms with Crippen molar-refractivity contribution in [1.29, 1.82) is 5.26 Å². The summed E-state index contributed by atoms with van der Waals surface area (Å²) in [7, 11) is 1.62. The highest BCUT2D eigenvalue weighted by Crippen LogP contribution is 2.21. The zero-order valence-corrected chi connectivity index (χ0v) is 10.2. The predicted octanol–water partition coefficient (Wildman–Crippen LogP) is 1.68. The minimum atomic E-state index is 0.0122. The molecule has 0 saturated heterocycles. The maximum atomic E-state index is 9.04. The number of hydrogen-bond donors (Lipinski definition) is 2. The number of nitriles is 1. The Morgan fingerprint density at radius 2 is 2.29 bits per heavy atom. The van der Waals surface area contributed by atoms with Crippen LogP contribution in [-0.2, 0) is 4.74 Å². The molecule has 0 fully saturated rings. The smallest absolute Gasteiger partial charge is 0.101 e. The molecule has 0 radical (unpaired) electrons. The molecule has 0 aliphatic heterocycles. The van der Waals surface area contributed by atoms with E-state index in [1.165, 1.54) is 0 Å².